The number of imide groups is 1. The zero-order chi connectivity index (χ0) is 43.4. The molecule has 17 heteroatoms. The molecule has 0 unspecified atom stereocenters. The number of amides is 5. The Labute approximate surface area is 349 Å². The van der Waals surface area contributed by atoms with Crippen molar-refractivity contribution >= 4 is 53.0 Å². The lowest BCUT2D eigenvalue weighted by Crippen LogP contribution is -2.63. The van der Waals surface area contributed by atoms with E-state index in [0.717, 1.165) is 16.0 Å². The van der Waals surface area contributed by atoms with Crippen LogP contribution in [0.3, 0.4) is 0 Å². The van der Waals surface area contributed by atoms with Crippen LogP contribution >= 0.6 is 11.6 Å². The molecule has 0 radical (unpaired) electrons. The van der Waals surface area contributed by atoms with Gasteiger partial charge in [-0.15, -0.1) is 0 Å². The van der Waals surface area contributed by atoms with Gasteiger partial charge in [-0.05, 0) is 57.7 Å². The van der Waals surface area contributed by atoms with Crippen molar-refractivity contribution in [3.05, 3.63) is 58.7 Å². The number of alkyl carbamates (subject to hydrolysis) is 1. The Morgan fingerprint density at radius 3 is 2.47 bits per heavy atom. The summed E-state index contributed by atoms with van der Waals surface area (Å²) in [7, 11) is 5.94. The van der Waals surface area contributed by atoms with Gasteiger partial charge in [-0.25, -0.2) is 9.59 Å². The highest BCUT2D eigenvalue weighted by Crippen LogP contribution is 2.49. The Balaban J connectivity index is 1.39. The fourth-order valence-corrected chi connectivity index (χ4v) is 8.08. The maximum Gasteiger partial charge on any atom is 0.409 e. The van der Waals surface area contributed by atoms with Crippen molar-refractivity contribution in [3.63, 3.8) is 0 Å². The molecule has 1 aromatic carbocycles. The van der Waals surface area contributed by atoms with E-state index in [2.05, 4.69) is 5.32 Å². The molecular formula is C42H55ClN4O12. The predicted octanol–water partition coefficient (Wildman–Crippen LogP) is 4.00. The second kappa shape index (κ2) is 18.7. The van der Waals surface area contributed by atoms with Crippen LogP contribution in [-0.4, -0.2) is 127 Å². The first-order valence-corrected chi connectivity index (χ1v) is 20.1. The number of hydrogen-bond acceptors (Lipinski definition) is 12. The molecule has 59 heavy (non-hydrogen) atoms. The van der Waals surface area contributed by atoms with Crippen molar-refractivity contribution in [3.8, 4) is 5.75 Å². The molecule has 1 aromatic rings. The van der Waals surface area contributed by atoms with Crippen molar-refractivity contribution in [2.45, 2.75) is 114 Å². The first-order chi connectivity index (χ1) is 27.8. The third kappa shape index (κ3) is 10.2. The molecule has 0 spiro atoms. The van der Waals surface area contributed by atoms with Gasteiger partial charge in [0.25, 0.3) is 11.8 Å². The van der Waals surface area contributed by atoms with E-state index in [-0.39, 0.29) is 48.6 Å². The molecule has 5 rings (SSSR count). The molecule has 0 saturated carbocycles. The number of nitrogens with zero attached hydrogens (tertiary/aromatic N) is 3. The van der Waals surface area contributed by atoms with E-state index in [9.17, 15) is 33.9 Å². The number of epoxide rings is 1. The SMILES string of the molecule is COc1cc2cc(c1Cl)N(C)C(=O)C[C@H](OC(=O)[C@H](C)N(C)C(=O)CCCCCN1C(=O)C=CC1=O)[C@]1(C)O[C@H]1[C@H](C)[C@@H]1C[C@@](O)(NC(=O)O1)[C@H](OC)/C=C/C=C(/C)C2. The largest absolute Gasteiger partial charge is 0.495 e. The molecule has 0 aromatic heterocycles. The fraction of sp³-hybridized carbons (Fsp3) is 0.571. The van der Waals surface area contributed by atoms with E-state index < -0.39 is 65.7 Å². The Kier molecular flexibility index (Phi) is 14.3. The van der Waals surface area contributed by atoms with Gasteiger partial charge in [0.05, 0.1) is 25.3 Å². The molecule has 16 nitrogen and oxygen atoms in total. The van der Waals surface area contributed by atoms with Crippen LogP contribution in [0.15, 0.2) is 48.1 Å². The molecule has 5 amide bonds. The smallest absolute Gasteiger partial charge is 0.409 e. The summed E-state index contributed by atoms with van der Waals surface area (Å²) in [5, 5.41) is 14.5. The second-order valence-corrected chi connectivity index (χ2v) is 16.3. The maximum absolute atomic E-state index is 14.2. The van der Waals surface area contributed by atoms with Crippen molar-refractivity contribution in [1.82, 2.24) is 15.1 Å². The number of benzene rings is 1. The zero-order valence-electron chi connectivity index (χ0n) is 34.8. The number of allylic oxidation sites excluding steroid dienone is 3. The fourth-order valence-electron chi connectivity index (χ4n) is 7.77. The number of rotatable bonds is 11. The molecule has 4 bridgehead atoms. The minimum Gasteiger partial charge on any atom is -0.495 e. The highest BCUT2D eigenvalue weighted by atomic mass is 35.5. The van der Waals surface area contributed by atoms with Gasteiger partial charge in [0, 0.05) is 58.7 Å². The summed E-state index contributed by atoms with van der Waals surface area (Å²) in [6.45, 7) is 7.16. The quantitative estimate of drug-likeness (QED) is 0.141. The number of anilines is 1. The number of nitrogens with one attached hydrogen (secondary N) is 1. The second-order valence-electron chi connectivity index (χ2n) is 15.9. The predicted molar refractivity (Wildman–Crippen MR) is 215 cm³/mol. The van der Waals surface area contributed by atoms with Gasteiger partial charge in [-0.3, -0.25) is 29.4 Å². The average molecular weight is 843 g/mol. The number of hydrogen-bond donors (Lipinski definition) is 2. The third-order valence-corrected chi connectivity index (χ3v) is 12.1. The van der Waals surface area contributed by atoms with Gasteiger partial charge in [0.15, 0.2) is 5.72 Å². The first-order valence-electron chi connectivity index (χ1n) is 19.7. The Bertz CT molecular complexity index is 1900. The normalized spacial score (nSPS) is 30.4. The van der Waals surface area contributed by atoms with Gasteiger partial charge in [-0.1, -0.05) is 48.7 Å². The Hall–Kier alpha value is -4.77. The van der Waals surface area contributed by atoms with Crippen LogP contribution in [0.1, 0.15) is 71.8 Å². The number of halogens is 1. The van der Waals surface area contributed by atoms with Crippen LogP contribution in [0.4, 0.5) is 10.5 Å². The lowest BCUT2D eigenvalue weighted by Gasteiger charge is -2.42. The molecular weight excluding hydrogens is 788 g/mol. The van der Waals surface area contributed by atoms with E-state index in [1.807, 2.05) is 13.0 Å². The van der Waals surface area contributed by atoms with Crippen molar-refractivity contribution in [2.75, 3.05) is 39.8 Å². The molecule has 2 fully saturated rings. The number of methoxy groups -OCH3 is 2. The van der Waals surface area contributed by atoms with E-state index in [1.54, 1.807) is 45.2 Å². The molecule has 2 N–H and O–H groups in total. The number of carbonyl (C=O) groups excluding carboxylic acids is 6. The number of fused-ring (bicyclic) bond motifs is 5. The first kappa shape index (κ1) is 45.3. The lowest BCUT2D eigenvalue weighted by atomic mass is 9.83. The lowest BCUT2D eigenvalue weighted by molar-refractivity contribution is -0.162. The maximum atomic E-state index is 14.2. The molecule has 0 aliphatic carbocycles. The van der Waals surface area contributed by atoms with Crippen LogP contribution in [0.25, 0.3) is 0 Å². The summed E-state index contributed by atoms with van der Waals surface area (Å²) < 4.78 is 29.3. The van der Waals surface area contributed by atoms with Crippen LogP contribution in [0, 0.1) is 5.92 Å². The monoisotopic (exact) mass is 842 g/mol. The van der Waals surface area contributed by atoms with Gasteiger partial charge in [-0.2, -0.15) is 0 Å². The van der Waals surface area contributed by atoms with Gasteiger partial charge >= 0.3 is 12.1 Å². The highest BCUT2D eigenvalue weighted by Gasteiger charge is 2.64. The third-order valence-electron chi connectivity index (χ3n) is 11.7. The minimum absolute atomic E-state index is 0.0761. The molecule has 4 heterocycles. The standard InChI is InChI=1S/C42H55ClN4O12/c1-24-13-12-14-31(56-8)42(54)23-30(57-40(53)44-42)25(2)38-41(4,59-38)32(22-36(51)46(6)28-20-27(19-24)21-29(55-7)37(28)43)58-39(52)26(3)45(5)33(48)15-10-9-11-18-47-34(49)16-17-35(47)50/h12-14,16-17,20-21,25-26,30-32,38,54H,9-11,15,18-19,22-23H2,1-8H3,(H,44,53)/b14-12+,24-13-/t25-,26+,30+,31-,32+,38+,41+,42+/m1/s1. The van der Waals surface area contributed by atoms with Crippen molar-refractivity contribution in [1.29, 1.82) is 0 Å². The number of aliphatic hydroxyl groups is 1. The van der Waals surface area contributed by atoms with E-state index in [4.69, 9.17) is 35.3 Å². The molecule has 322 valence electrons. The summed E-state index contributed by atoms with van der Waals surface area (Å²) in [5.74, 6) is -2.49. The molecule has 2 saturated heterocycles. The molecule has 8 atom stereocenters. The number of carbonyl (C=O) groups is 6. The Morgan fingerprint density at radius 1 is 1.12 bits per heavy atom. The highest BCUT2D eigenvalue weighted by molar-refractivity contribution is 6.35. The van der Waals surface area contributed by atoms with E-state index >= 15 is 0 Å². The Morgan fingerprint density at radius 2 is 1.81 bits per heavy atom. The summed E-state index contributed by atoms with van der Waals surface area (Å²) in [5.41, 5.74) is -1.05. The van der Waals surface area contributed by atoms with E-state index in [1.165, 1.54) is 50.1 Å². The van der Waals surface area contributed by atoms with Crippen LogP contribution < -0.4 is 15.0 Å². The number of esters is 1. The van der Waals surface area contributed by atoms with Crippen LogP contribution in [-0.2, 0) is 49.3 Å². The van der Waals surface area contributed by atoms with Gasteiger partial charge in [0.2, 0.25) is 11.8 Å². The summed E-state index contributed by atoms with van der Waals surface area (Å²) >= 11 is 6.77. The topological polar surface area (TPSA) is 194 Å². The average Bonchev–Trinajstić information content (AvgIpc) is 3.79. The summed E-state index contributed by atoms with van der Waals surface area (Å²) in [6, 6.07) is 2.50. The number of likely N-dealkylation sites (N-methyl/N-ethyl adjacent to an activating group) is 1. The summed E-state index contributed by atoms with van der Waals surface area (Å²) in [4.78, 5) is 81.6. The zero-order valence-corrected chi connectivity index (χ0v) is 35.6. The van der Waals surface area contributed by atoms with Crippen molar-refractivity contribution < 1.29 is 57.6 Å². The number of unbranched alkanes of at least 4 members (excludes halogenated alkanes) is 2. The molecule has 4 aliphatic heterocycles. The van der Waals surface area contributed by atoms with Crippen LogP contribution in [0.5, 0.6) is 5.75 Å². The van der Waals surface area contributed by atoms with Gasteiger partial charge in [0.1, 0.15) is 40.7 Å². The van der Waals surface area contributed by atoms with E-state index in [0.29, 0.717) is 37.1 Å². The van der Waals surface area contributed by atoms with Crippen LogP contribution in [0.2, 0.25) is 5.02 Å². The number of ether oxygens (including phenoxy) is 5. The van der Waals surface area contributed by atoms with Crippen molar-refractivity contribution in [2.24, 2.45) is 5.92 Å². The minimum atomic E-state index is -1.85. The van der Waals surface area contributed by atoms with Gasteiger partial charge < -0.3 is 38.6 Å². The summed E-state index contributed by atoms with van der Waals surface area (Å²) in [6.07, 6.45) is 4.78. The molecule has 4 aliphatic rings.